The van der Waals surface area contributed by atoms with Crippen LogP contribution < -0.4 is 0 Å². The Bertz CT molecular complexity index is 1260. The van der Waals surface area contributed by atoms with Crippen LogP contribution in [-0.2, 0) is 0 Å². The molecular formula is C28H28Se2Si2. The summed E-state index contributed by atoms with van der Waals surface area (Å²) in [6.45, 7) is 13.9. The molecule has 0 atom stereocenters. The first-order chi connectivity index (χ1) is 15.1. The molecule has 4 rings (SSSR count). The fourth-order valence-electron chi connectivity index (χ4n) is 3.45. The Morgan fingerprint density at radius 1 is 0.562 bits per heavy atom. The van der Waals surface area contributed by atoms with Crippen molar-refractivity contribution in [2.45, 2.75) is 39.3 Å². The van der Waals surface area contributed by atoms with Gasteiger partial charge in [0.15, 0.2) is 0 Å². The van der Waals surface area contributed by atoms with Gasteiger partial charge in [-0.25, -0.2) is 0 Å². The van der Waals surface area contributed by atoms with Crippen LogP contribution in [0.3, 0.4) is 0 Å². The first kappa shape index (κ1) is 23.4. The summed E-state index contributed by atoms with van der Waals surface area (Å²) in [5, 5.41) is 2.50. The molecule has 0 N–H and O–H groups in total. The van der Waals surface area contributed by atoms with Crippen LogP contribution in [0.15, 0.2) is 58.4 Å². The summed E-state index contributed by atoms with van der Waals surface area (Å²) < 4.78 is 2.84. The molecule has 2 aromatic carbocycles. The normalized spacial score (nSPS) is 11.6. The minimum absolute atomic E-state index is 0.381. The molecule has 160 valence electrons. The Labute approximate surface area is 206 Å². The third-order valence-corrected chi connectivity index (χ3v) is 10.4. The summed E-state index contributed by atoms with van der Waals surface area (Å²) in [5.74, 6) is 7.30. The van der Waals surface area contributed by atoms with Crippen LogP contribution >= 0.6 is 0 Å². The number of hydrogen-bond acceptors (Lipinski definition) is 0. The molecule has 4 aromatic rings. The van der Waals surface area contributed by atoms with Gasteiger partial charge >= 0.3 is 208 Å². The van der Waals surface area contributed by atoms with Crippen LogP contribution in [-0.4, -0.2) is 45.2 Å². The van der Waals surface area contributed by atoms with Gasteiger partial charge in [0.2, 0.25) is 0 Å². The first-order valence-corrected chi connectivity index (χ1v) is 21.6. The maximum absolute atomic E-state index is 3.65. The van der Waals surface area contributed by atoms with Crippen LogP contribution in [0.25, 0.3) is 30.8 Å². The molecular weight excluding hydrogens is 550 g/mol. The molecule has 0 radical (unpaired) electrons. The average Bonchev–Trinajstić information content (AvgIpc) is 3.42. The van der Waals surface area contributed by atoms with Crippen LogP contribution in [0, 0.1) is 22.9 Å². The first-order valence-electron chi connectivity index (χ1n) is 10.9. The number of fused-ring (bicyclic) bond motifs is 1. The maximum atomic E-state index is 3.65. The van der Waals surface area contributed by atoms with E-state index in [4.69, 9.17) is 0 Å². The van der Waals surface area contributed by atoms with E-state index in [1.165, 1.54) is 41.9 Å². The van der Waals surface area contributed by atoms with Crippen molar-refractivity contribution in [1.29, 1.82) is 0 Å². The molecule has 0 amide bonds. The second kappa shape index (κ2) is 9.25. The van der Waals surface area contributed by atoms with Gasteiger partial charge in [0.1, 0.15) is 0 Å². The Kier molecular flexibility index (Phi) is 6.76. The molecule has 0 saturated heterocycles. The van der Waals surface area contributed by atoms with Crippen molar-refractivity contribution in [2.75, 3.05) is 0 Å². The summed E-state index contributed by atoms with van der Waals surface area (Å²) in [7, 11) is -3.01. The summed E-state index contributed by atoms with van der Waals surface area (Å²) >= 11 is 0.763. The summed E-state index contributed by atoms with van der Waals surface area (Å²) in [4.78, 5) is 4.58. The molecule has 0 aliphatic heterocycles. The molecule has 0 bridgehead atoms. The molecule has 0 aliphatic carbocycles. The standard InChI is InChI=1S/C28H28Se2Si2/c1-31(2,3)19-15-23-21-11-14-26(28-10-8-18-30-28)24(16-20-32(4,5)6)22(21)12-13-25(23)27-9-7-17-29-27/h7-14,17-18H,1-6H3. The fraction of sp³-hybridized carbons (Fsp3) is 0.214. The average molecular weight is 579 g/mol. The molecule has 0 saturated carbocycles. The number of hydrogen-bond donors (Lipinski definition) is 0. The molecule has 32 heavy (non-hydrogen) atoms. The monoisotopic (exact) mass is 580 g/mol. The van der Waals surface area contributed by atoms with Gasteiger partial charge in [0.05, 0.1) is 0 Å². The topological polar surface area (TPSA) is 0 Å². The molecule has 4 heteroatoms. The van der Waals surface area contributed by atoms with Crippen LogP contribution in [0.5, 0.6) is 0 Å². The second-order valence-electron chi connectivity index (χ2n) is 10.0. The Balaban J connectivity index is 2.07. The predicted molar refractivity (Wildman–Crippen MR) is 149 cm³/mol. The van der Waals surface area contributed by atoms with Gasteiger partial charge in [-0.1, -0.05) is 0 Å². The summed E-state index contributed by atoms with van der Waals surface area (Å²) in [5.41, 5.74) is 12.3. The van der Waals surface area contributed by atoms with Crippen LogP contribution in [0.4, 0.5) is 0 Å². The molecule has 2 aromatic heterocycles. The van der Waals surface area contributed by atoms with Gasteiger partial charge in [0.25, 0.3) is 0 Å². The van der Waals surface area contributed by atoms with E-state index in [0.717, 1.165) is 0 Å². The van der Waals surface area contributed by atoms with Gasteiger partial charge in [0, 0.05) is 0 Å². The molecule has 0 unspecified atom stereocenters. The van der Waals surface area contributed by atoms with E-state index in [0.29, 0.717) is 29.0 Å². The van der Waals surface area contributed by atoms with Gasteiger partial charge in [-0.2, -0.15) is 0 Å². The Hall–Kier alpha value is -1.75. The summed E-state index contributed by atoms with van der Waals surface area (Å²) in [6.07, 6.45) is 0. The molecule has 0 aliphatic rings. The second-order valence-corrected chi connectivity index (χ2v) is 23.5. The van der Waals surface area contributed by atoms with E-state index < -0.39 is 16.1 Å². The molecule has 0 spiro atoms. The number of rotatable bonds is 2. The van der Waals surface area contributed by atoms with E-state index in [9.17, 15) is 0 Å². The Morgan fingerprint density at radius 2 is 0.969 bits per heavy atom. The molecule has 0 fully saturated rings. The van der Waals surface area contributed by atoms with Crippen LogP contribution in [0.1, 0.15) is 11.1 Å². The Morgan fingerprint density at radius 3 is 1.28 bits per heavy atom. The zero-order chi connectivity index (χ0) is 22.9. The predicted octanol–water partition coefficient (Wildman–Crippen LogP) is 6.75. The van der Waals surface area contributed by atoms with Crippen molar-refractivity contribution in [1.82, 2.24) is 0 Å². The van der Waals surface area contributed by atoms with E-state index in [1.54, 1.807) is 0 Å². The van der Waals surface area contributed by atoms with Gasteiger partial charge in [-0.3, -0.25) is 0 Å². The zero-order valence-corrected chi connectivity index (χ0v) is 25.0. The minimum atomic E-state index is -1.50. The van der Waals surface area contributed by atoms with E-state index in [1.807, 2.05) is 0 Å². The van der Waals surface area contributed by atoms with Gasteiger partial charge in [-0.15, -0.1) is 0 Å². The van der Waals surface area contributed by atoms with Crippen molar-refractivity contribution >= 4 is 55.9 Å². The van der Waals surface area contributed by atoms with Crippen molar-refractivity contribution in [3.8, 4) is 42.9 Å². The van der Waals surface area contributed by atoms with E-state index in [-0.39, 0.29) is 0 Å². The zero-order valence-electron chi connectivity index (χ0n) is 19.6. The van der Waals surface area contributed by atoms with Crippen molar-refractivity contribution < 1.29 is 0 Å². The van der Waals surface area contributed by atoms with Crippen molar-refractivity contribution in [2.24, 2.45) is 0 Å². The third kappa shape index (κ3) is 5.41. The molecule has 2 heterocycles. The third-order valence-electron chi connectivity index (χ3n) is 4.90. The van der Waals surface area contributed by atoms with Crippen molar-refractivity contribution in [3.63, 3.8) is 0 Å². The van der Waals surface area contributed by atoms with E-state index in [2.05, 4.69) is 121 Å². The van der Waals surface area contributed by atoms with Gasteiger partial charge in [-0.05, 0) is 0 Å². The van der Waals surface area contributed by atoms with Crippen molar-refractivity contribution in [3.05, 3.63) is 69.5 Å². The fourth-order valence-corrected chi connectivity index (χ4v) is 7.63. The quantitative estimate of drug-likeness (QED) is 0.183. The van der Waals surface area contributed by atoms with Crippen LogP contribution in [0.2, 0.25) is 39.3 Å². The van der Waals surface area contributed by atoms with E-state index >= 15 is 0 Å². The summed E-state index contributed by atoms with van der Waals surface area (Å²) in [6, 6.07) is 18.1. The number of benzene rings is 2. The SMILES string of the molecule is C[Si](C)(C)C#Cc1c(-c2ccc[se]2)ccc2c(C#C[Si](C)(C)C)c(-c3ccc[se]3)ccc12. The van der Waals surface area contributed by atoms with Gasteiger partial charge < -0.3 is 0 Å². The molecule has 0 nitrogen and oxygen atoms in total.